The molecule has 4 rings (SSSR count). The van der Waals surface area contributed by atoms with E-state index in [1.165, 1.54) is 17.7 Å². The third-order valence-corrected chi connectivity index (χ3v) is 6.00. The van der Waals surface area contributed by atoms with Gasteiger partial charge in [-0.05, 0) is 41.9 Å². The molecule has 1 N–H and O–H groups in total. The van der Waals surface area contributed by atoms with Gasteiger partial charge in [-0.1, -0.05) is 38.1 Å². The fourth-order valence-electron chi connectivity index (χ4n) is 4.10. The van der Waals surface area contributed by atoms with Crippen molar-refractivity contribution in [3.63, 3.8) is 0 Å². The van der Waals surface area contributed by atoms with Crippen LogP contribution < -0.4 is 10.5 Å². The molecule has 0 aliphatic carbocycles. The number of halogens is 2. The number of nitrogens with one attached hydrogen (secondary N) is 1. The van der Waals surface area contributed by atoms with Crippen molar-refractivity contribution in [2.75, 3.05) is 18.0 Å². The van der Waals surface area contributed by atoms with Gasteiger partial charge in [0.25, 0.3) is 0 Å². The molecule has 2 heterocycles. The highest BCUT2D eigenvalue weighted by Gasteiger charge is 2.17. The van der Waals surface area contributed by atoms with E-state index in [0.717, 1.165) is 31.3 Å². The Morgan fingerprint density at radius 2 is 1.62 bits per heavy atom. The fraction of sp³-hybridized carbons (Fsp3) is 0.269. The largest absolute Gasteiger partial charge is 0.347 e. The lowest BCUT2D eigenvalue weighted by molar-refractivity contribution is 0.295. The first-order chi connectivity index (χ1) is 16.5. The lowest BCUT2D eigenvalue weighted by atomic mass is 10.0. The molecule has 0 radical (unpaired) electrons. The van der Waals surface area contributed by atoms with Crippen LogP contribution in [0.2, 0.25) is 0 Å². The van der Waals surface area contributed by atoms with E-state index in [4.69, 9.17) is 0 Å². The summed E-state index contributed by atoms with van der Waals surface area (Å²) in [4.78, 5) is 27.7. The van der Waals surface area contributed by atoms with E-state index in [1.54, 1.807) is 18.6 Å². The van der Waals surface area contributed by atoms with Crippen molar-refractivity contribution in [2.45, 2.75) is 33.5 Å². The highest BCUT2D eigenvalue weighted by molar-refractivity contribution is 5.82. The molecule has 8 heteroatoms. The molecule has 0 saturated heterocycles. The average Bonchev–Trinajstić information content (AvgIpc) is 2.86. The number of pyridine rings is 1. The van der Waals surface area contributed by atoms with E-state index >= 15 is 0 Å². The molecule has 2 aromatic heterocycles. The first-order valence-corrected chi connectivity index (χ1v) is 11.3. The molecular formula is C26H27F2N5O. The molecule has 6 nitrogen and oxygen atoms in total. The Hall–Kier alpha value is -3.65. The van der Waals surface area contributed by atoms with Crippen LogP contribution in [0.4, 0.5) is 14.6 Å². The summed E-state index contributed by atoms with van der Waals surface area (Å²) in [6.45, 7) is 7.75. The Morgan fingerprint density at radius 1 is 0.912 bits per heavy atom. The second-order valence-corrected chi connectivity index (χ2v) is 8.09. The van der Waals surface area contributed by atoms with E-state index in [-0.39, 0.29) is 12.1 Å². The lowest BCUT2D eigenvalue weighted by Crippen LogP contribution is -2.27. The Kier molecular flexibility index (Phi) is 7.27. The summed E-state index contributed by atoms with van der Waals surface area (Å²) in [5.74, 6) is -1.44. The maximum absolute atomic E-state index is 14.4. The topological polar surface area (TPSA) is 65.1 Å². The second-order valence-electron chi connectivity index (χ2n) is 8.09. The lowest BCUT2D eigenvalue weighted by Gasteiger charge is -2.26. The molecule has 0 atom stereocenters. The van der Waals surface area contributed by atoms with Gasteiger partial charge in [-0.15, -0.1) is 0 Å². The molecule has 0 aliphatic rings. The third-order valence-electron chi connectivity index (χ3n) is 6.00. The van der Waals surface area contributed by atoms with Crippen molar-refractivity contribution in [1.82, 2.24) is 19.9 Å². The van der Waals surface area contributed by atoms with Crippen molar-refractivity contribution in [2.24, 2.45) is 0 Å². The van der Waals surface area contributed by atoms with E-state index < -0.39 is 17.2 Å². The molecular weight excluding hydrogens is 436 g/mol. The maximum atomic E-state index is 14.4. The number of fused-ring (bicyclic) bond motifs is 1. The average molecular weight is 464 g/mol. The van der Waals surface area contributed by atoms with Gasteiger partial charge in [0, 0.05) is 43.5 Å². The number of nitrogens with zero attached hydrogens (tertiary/aromatic N) is 4. The van der Waals surface area contributed by atoms with E-state index in [9.17, 15) is 13.6 Å². The predicted octanol–water partition coefficient (Wildman–Crippen LogP) is 4.64. The van der Waals surface area contributed by atoms with Gasteiger partial charge in [0.1, 0.15) is 5.82 Å². The summed E-state index contributed by atoms with van der Waals surface area (Å²) in [6.07, 6.45) is 4.86. The number of benzene rings is 2. The minimum atomic E-state index is -1.06. The van der Waals surface area contributed by atoms with E-state index in [2.05, 4.69) is 45.8 Å². The zero-order chi connectivity index (χ0) is 24.1. The van der Waals surface area contributed by atoms with Crippen LogP contribution >= 0.6 is 0 Å². The molecule has 0 spiro atoms. The molecule has 0 unspecified atom stereocenters. The number of H-pyrrole nitrogens is 1. The maximum Gasteiger partial charge on any atom is 0.248 e. The van der Waals surface area contributed by atoms with Gasteiger partial charge in [0.15, 0.2) is 11.6 Å². The Bertz CT molecular complexity index is 1320. The van der Waals surface area contributed by atoms with Gasteiger partial charge in [0.2, 0.25) is 5.56 Å². The van der Waals surface area contributed by atoms with Crippen molar-refractivity contribution >= 4 is 16.7 Å². The van der Waals surface area contributed by atoms with Crippen molar-refractivity contribution in [1.29, 1.82) is 0 Å². The Morgan fingerprint density at radius 3 is 2.29 bits per heavy atom. The van der Waals surface area contributed by atoms with Crippen LogP contribution in [0.3, 0.4) is 0 Å². The van der Waals surface area contributed by atoms with E-state index in [0.29, 0.717) is 23.3 Å². The normalized spacial score (nSPS) is 11.3. The van der Waals surface area contributed by atoms with Gasteiger partial charge in [-0.2, -0.15) is 0 Å². The molecule has 34 heavy (non-hydrogen) atoms. The van der Waals surface area contributed by atoms with Crippen molar-refractivity contribution in [3.8, 4) is 0 Å². The van der Waals surface area contributed by atoms with Crippen LogP contribution in [-0.2, 0) is 19.6 Å². The summed E-state index contributed by atoms with van der Waals surface area (Å²) >= 11 is 0. The molecule has 4 aromatic rings. The first-order valence-electron chi connectivity index (χ1n) is 11.3. The summed E-state index contributed by atoms with van der Waals surface area (Å²) in [5, 5.41) is 0.448. The molecule has 0 fully saturated rings. The minimum absolute atomic E-state index is 0.136. The number of aromatic amines is 1. The summed E-state index contributed by atoms with van der Waals surface area (Å²) in [6, 6.07) is 12.2. The smallest absolute Gasteiger partial charge is 0.248 e. The van der Waals surface area contributed by atoms with Gasteiger partial charge in [-0.25, -0.2) is 13.8 Å². The predicted molar refractivity (Wildman–Crippen MR) is 129 cm³/mol. The summed E-state index contributed by atoms with van der Waals surface area (Å²) in [7, 11) is 0. The van der Waals surface area contributed by atoms with Crippen molar-refractivity contribution < 1.29 is 8.78 Å². The highest BCUT2D eigenvalue weighted by atomic mass is 19.2. The highest BCUT2D eigenvalue weighted by Crippen LogP contribution is 2.25. The molecule has 2 aromatic carbocycles. The van der Waals surface area contributed by atoms with Crippen LogP contribution in [0.25, 0.3) is 10.9 Å². The molecule has 0 amide bonds. The Balaban J connectivity index is 1.75. The third kappa shape index (κ3) is 5.12. The zero-order valence-electron chi connectivity index (χ0n) is 19.3. The second kappa shape index (κ2) is 10.5. The summed E-state index contributed by atoms with van der Waals surface area (Å²) in [5.41, 5.74) is 2.26. The first kappa shape index (κ1) is 23.5. The van der Waals surface area contributed by atoms with Gasteiger partial charge >= 0.3 is 0 Å². The minimum Gasteiger partial charge on any atom is -0.347 e. The quantitative estimate of drug-likeness (QED) is 0.392. The van der Waals surface area contributed by atoms with E-state index in [1.807, 2.05) is 17.0 Å². The summed E-state index contributed by atoms with van der Waals surface area (Å²) < 4.78 is 28.2. The van der Waals surface area contributed by atoms with Crippen LogP contribution in [-0.4, -0.2) is 32.9 Å². The van der Waals surface area contributed by atoms with Crippen LogP contribution in [0.15, 0.2) is 65.8 Å². The number of aromatic nitrogens is 3. The SMILES string of the molecule is CCN(CC)Cc1ccccc1CN(Cc1cc(=O)[nH]c2c(F)c(F)ccc12)c1cnccn1. The number of anilines is 1. The molecule has 0 aliphatic heterocycles. The number of rotatable bonds is 9. The van der Waals surface area contributed by atoms with Crippen LogP contribution in [0, 0.1) is 11.6 Å². The zero-order valence-corrected chi connectivity index (χ0v) is 19.3. The molecule has 0 saturated carbocycles. The van der Waals surface area contributed by atoms with Gasteiger partial charge < -0.3 is 9.88 Å². The van der Waals surface area contributed by atoms with Crippen LogP contribution in [0.5, 0.6) is 0 Å². The standard InChI is InChI=1S/C26H27F2N5O/c1-3-32(4-2)15-18-7-5-6-8-19(18)16-33(23-14-29-11-12-30-23)17-20-13-24(34)31-26-21(20)9-10-22(27)25(26)28/h5-14H,3-4,15-17H2,1-2H3,(H,31,34). The van der Waals surface area contributed by atoms with Crippen molar-refractivity contribution in [3.05, 3.63) is 99.7 Å². The van der Waals surface area contributed by atoms with Gasteiger partial charge in [-0.3, -0.25) is 14.7 Å². The van der Waals surface area contributed by atoms with Gasteiger partial charge in [0.05, 0.1) is 11.7 Å². The number of hydrogen-bond acceptors (Lipinski definition) is 5. The molecule has 176 valence electrons. The molecule has 0 bridgehead atoms. The Labute approximate surface area is 196 Å². The van der Waals surface area contributed by atoms with Crippen LogP contribution in [0.1, 0.15) is 30.5 Å². The monoisotopic (exact) mass is 463 g/mol. The number of hydrogen-bond donors (Lipinski definition) is 1. The fourth-order valence-corrected chi connectivity index (χ4v) is 4.10.